The lowest BCUT2D eigenvalue weighted by molar-refractivity contribution is -0.139. The Kier molecular flexibility index (Phi) is 10.0. The van der Waals surface area contributed by atoms with Crippen molar-refractivity contribution in [3.63, 3.8) is 0 Å². The number of nitrogens with one attached hydrogen (secondary N) is 3. The molecular formula is C28H26ClN3O7. The summed E-state index contributed by atoms with van der Waals surface area (Å²) in [5.74, 6) is -2.42. The Morgan fingerprint density at radius 1 is 0.974 bits per heavy atom. The van der Waals surface area contributed by atoms with E-state index in [1.807, 2.05) is 0 Å². The van der Waals surface area contributed by atoms with E-state index in [1.165, 1.54) is 36.4 Å². The van der Waals surface area contributed by atoms with Crippen molar-refractivity contribution < 1.29 is 34.1 Å². The molecule has 1 atom stereocenters. The van der Waals surface area contributed by atoms with E-state index in [4.69, 9.17) is 16.3 Å². The van der Waals surface area contributed by atoms with Crippen LogP contribution in [0.4, 0.5) is 0 Å². The maximum absolute atomic E-state index is 12.7. The molecule has 0 aliphatic rings. The number of carboxylic acid groups (broad SMARTS) is 1. The number of hydrogen-bond acceptors (Lipinski definition) is 6. The number of carbonyl (C=O) groups is 4. The van der Waals surface area contributed by atoms with Gasteiger partial charge < -0.3 is 30.9 Å². The first-order valence-electron chi connectivity index (χ1n) is 11.7. The maximum Gasteiger partial charge on any atom is 0.328 e. The van der Waals surface area contributed by atoms with E-state index in [1.54, 1.807) is 49.6 Å². The molecule has 0 saturated heterocycles. The molecule has 10 nitrogen and oxygen atoms in total. The summed E-state index contributed by atoms with van der Waals surface area (Å²) < 4.78 is 5.07. The topological polar surface area (TPSA) is 154 Å². The summed E-state index contributed by atoms with van der Waals surface area (Å²) in [4.78, 5) is 49.0. The summed E-state index contributed by atoms with van der Waals surface area (Å²) in [5.41, 5.74) is 1.56. The van der Waals surface area contributed by atoms with Crippen LogP contribution < -0.4 is 20.7 Å². The Balaban J connectivity index is 1.56. The number of ether oxygens (including phenoxy) is 1. The van der Waals surface area contributed by atoms with Gasteiger partial charge in [0.15, 0.2) is 0 Å². The van der Waals surface area contributed by atoms with Gasteiger partial charge in [-0.1, -0.05) is 35.9 Å². The van der Waals surface area contributed by atoms with Gasteiger partial charge in [0, 0.05) is 24.7 Å². The molecule has 11 heteroatoms. The summed E-state index contributed by atoms with van der Waals surface area (Å²) in [7, 11) is 1.54. The highest BCUT2D eigenvalue weighted by atomic mass is 35.5. The third kappa shape index (κ3) is 8.61. The summed E-state index contributed by atoms with van der Waals surface area (Å²) in [5, 5.41) is 26.4. The fourth-order valence-electron chi connectivity index (χ4n) is 3.38. The van der Waals surface area contributed by atoms with Gasteiger partial charge in [-0.3, -0.25) is 14.4 Å². The van der Waals surface area contributed by atoms with Crippen LogP contribution >= 0.6 is 11.6 Å². The van der Waals surface area contributed by atoms with Gasteiger partial charge in [0.25, 0.3) is 11.8 Å². The number of benzene rings is 3. The highest BCUT2D eigenvalue weighted by Crippen LogP contribution is 2.19. The van der Waals surface area contributed by atoms with Crippen LogP contribution in [0.1, 0.15) is 31.8 Å². The predicted octanol–water partition coefficient (Wildman–Crippen LogP) is 3.00. The summed E-state index contributed by atoms with van der Waals surface area (Å²) in [6.07, 6.45) is 2.79. The van der Waals surface area contributed by atoms with Crippen LogP contribution in [0.2, 0.25) is 5.02 Å². The van der Waals surface area contributed by atoms with Crippen molar-refractivity contribution in [1.82, 2.24) is 16.0 Å². The minimum absolute atomic E-state index is 0.0434. The lowest BCUT2D eigenvalue weighted by atomic mass is 10.1. The molecule has 3 aromatic rings. The highest BCUT2D eigenvalue weighted by molar-refractivity contribution is 6.34. The molecular weight excluding hydrogens is 526 g/mol. The third-order valence-electron chi connectivity index (χ3n) is 5.47. The Labute approximate surface area is 229 Å². The molecule has 0 fully saturated rings. The molecule has 3 rings (SSSR count). The number of aliphatic carboxylic acids is 1. The number of halogens is 1. The number of carbonyl (C=O) groups excluding carboxylic acids is 3. The van der Waals surface area contributed by atoms with Crippen LogP contribution in [0.25, 0.3) is 6.08 Å². The van der Waals surface area contributed by atoms with Crippen LogP contribution in [-0.2, 0) is 16.1 Å². The van der Waals surface area contributed by atoms with Gasteiger partial charge in [-0.15, -0.1) is 0 Å². The molecule has 0 aliphatic carbocycles. The number of hydrogen-bond donors (Lipinski definition) is 5. The third-order valence-corrected chi connectivity index (χ3v) is 5.78. The number of phenols is 1. The first-order chi connectivity index (χ1) is 18.7. The van der Waals surface area contributed by atoms with E-state index in [-0.39, 0.29) is 35.0 Å². The zero-order chi connectivity index (χ0) is 28.4. The fraction of sp³-hybridized carbons (Fsp3) is 0.143. The van der Waals surface area contributed by atoms with E-state index in [0.717, 1.165) is 5.56 Å². The van der Waals surface area contributed by atoms with Gasteiger partial charge >= 0.3 is 5.97 Å². The summed E-state index contributed by atoms with van der Waals surface area (Å²) >= 11 is 6.21. The molecule has 39 heavy (non-hydrogen) atoms. The number of phenolic OH excluding ortho intramolecular Hbond substituents is 1. The molecule has 0 radical (unpaired) electrons. The summed E-state index contributed by atoms with van der Waals surface area (Å²) in [6, 6.07) is 15.9. The number of rotatable bonds is 11. The zero-order valence-electron chi connectivity index (χ0n) is 20.8. The Bertz CT molecular complexity index is 1390. The number of amides is 3. The van der Waals surface area contributed by atoms with E-state index >= 15 is 0 Å². The maximum atomic E-state index is 12.7. The largest absolute Gasteiger partial charge is 0.508 e. The number of aromatic hydroxyl groups is 1. The minimum Gasteiger partial charge on any atom is -0.508 e. The standard InChI is InChI=1S/C28H26ClN3O7/c1-39-21-9-5-17(6-10-21)7-12-25(34)30-16-24(28(37)38)32-27(36)22-11-8-19(14-23(22)29)26(35)31-15-18-3-2-4-20(33)13-18/h2-14,24,33H,15-16H2,1H3,(H,30,34)(H,31,35)(H,32,36)(H,37,38)/b12-7+/t24-/m0/s1. The normalized spacial score (nSPS) is 11.4. The molecule has 202 valence electrons. The van der Waals surface area contributed by atoms with Crippen LogP contribution in [0.3, 0.4) is 0 Å². The van der Waals surface area contributed by atoms with Crippen molar-refractivity contribution in [1.29, 1.82) is 0 Å². The number of carboxylic acids is 1. The molecule has 3 amide bonds. The highest BCUT2D eigenvalue weighted by Gasteiger charge is 2.23. The van der Waals surface area contributed by atoms with E-state index in [9.17, 15) is 29.4 Å². The molecule has 0 bridgehead atoms. The van der Waals surface area contributed by atoms with Gasteiger partial charge in [0.05, 0.1) is 17.7 Å². The molecule has 0 heterocycles. The number of methoxy groups -OCH3 is 1. The van der Waals surface area contributed by atoms with E-state index < -0.39 is 29.7 Å². The van der Waals surface area contributed by atoms with Crippen molar-refractivity contribution in [2.24, 2.45) is 0 Å². The van der Waals surface area contributed by atoms with Gasteiger partial charge in [0.1, 0.15) is 17.5 Å². The van der Waals surface area contributed by atoms with Crippen molar-refractivity contribution >= 4 is 41.4 Å². The van der Waals surface area contributed by atoms with Crippen molar-refractivity contribution in [3.05, 3.63) is 100 Å². The van der Waals surface area contributed by atoms with Crippen LogP contribution in [0.5, 0.6) is 11.5 Å². The molecule has 3 aromatic carbocycles. The van der Waals surface area contributed by atoms with E-state index in [2.05, 4.69) is 16.0 Å². The SMILES string of the molecule is COc1ccc(/C=C/C(=O)NC[C@H](NC(=O)c2ccc(C(=O)NCc3cccc(O)c3)cc2Cl)C(=O)O)cc1. The van der Waals surface area contributed by atoms with Crippen LogP contribution in [-0.4, -0.2) is 53.6 Å². The molecule has 0 saturated carbocycles. The van der Waals surface area contributed by atoms with Gasteiger partial charge in [0.2, 0.25) is 5.91 Å². The van der Waals surface area contributed by atoms with Crippen molar-refractivity contribution in [3.8, 4) is 11.5 Å². The fourth-order valence-corrected chi connectivity index (χ4v) is 3.64. The predicted molar refractivity (Wildman–Crippen MR) is 145 cm³/mol. The van der Waals surface area contributed by atoms with Crippen molar-refractivity contribution in [2.75, 3.05) is 13.7 Å². The summed E-state index contributed by atoms with van der Waals surface area (Å²) in [6.45, 7) is -0.214. The first-order valence-corrected chi connectivity index (χ1v) is 12.0. The minimum atomic E-state index is -1.43. The second-order valence-electron chi connectivity index (χ2n) is 8.26. The van der Waals surface area contributed by atoms with Gasteiger partial charge in [-0.25, -0.2) is 4.79 Å². The van der Waals surface area contributed by atoms with Crippen molar-refractivity contribution in [2.45, 2.75) is 12.6 Å². The Hall–Kier alpha value is -4.83. The van der Waals surface area contributed by atoms with Gasteiger partial charge in [-0.05, 0) is 59.7 Å². The van der Waals surface area contributed by atoms with Crippen LogP contribution in [0.15, 0.2) is 72.8 Å². The quantitative estimate of drug-likeness (QED) is 0.229. The zero-order valence-corrected chi connectivity index (χ0v) is 21.6. The molecule has 0 unspecified atom stereocenters. The smallest absolute Gasteiger partial charge is 0.328 e. The van der Waals surface area contributed by atoms with Crippen LogP contribution in [0, 0.1) is 0 Å². The monoisotopic (exact) mass is 551 g/mol. The molecule has 0 spiro atoms. The average molecular weight is 552 g/mol. The second-order valence-corrected chi connectivity index (χ2v) is 8.67. The average Bonchev–Trinajstić information content (AvgIpc) is 2.92. The Morgan fingerprint density at radius 3 is 2.36 bits per heavy atom. The lowest BCUT2D eigenvalue weighted by Gasteiger charge is -2.16. The van der Waals surface area contributed by atoms with Gasteiger partial charge in [-0.2, -0.15) is 0 Å². The van der Waals surface area contributed by atoms with E-state index in [0.29, 0.717) is 11.3 Å². The second kappa shape index (κ2) is 13.6. The first kappa shape index (κ1) is 28.7. The Morgan fingerprint density at radius 2 is 1.72 bits per heavy atom. The molecule has 0 aromatic heterocycles. The lowest BCUT2D eigenvalue weighted by Crippen LogP contribution is -2.48. The molecule has 0 aliphatic heterocycles. The molecule has 5 N–H and O–H groups in total.